The Hall–Kier alpha value is -2.68. The molecule has 0 saturated heterocycles. The number of benzene rings is 2. The van der Waals surface area contributed by atoms with Crippen LogP contribution in [0.25, 0.3) is 43.7 Å². The Morgan fingerprint density at radius 2 is 1.32 bits per heavy atom. The molecule has 5 rings (SSSR count). The van der Waals surface area contributed by atoms with Gasteiger partial charge in [-0.15, -0.1) is 0 Å². The van der Waals surface area contributed by atoms with Crippen molar-refractivity contribution >= 4 is 43.7 Å². The molecule has 3 heterocycles. The Balaban J connectivity index is 2.23. The largest absolute Gasteiger partial charge is 0.464 e. The Morgan fingerprint density at radius 1 is 0.579 bits per heavy atom. The van der Waals surface area contributed by atoms with Crippen LogP contribution < -0.4 is 0 Å². The molecular formula is C16H8O3. The van der Waals surface area contributed by atoms with Crippen LogP contribution in [0.2, 0.25) is 0 Å². The summed E-state index contributed by atoms with van der Waals surface area (Å²) >= 11 is 0. The van der Waals surface area contributed by atoms with Crippen LogP contribution in [0.1, 0.15) is 0 Å². The van der Waals surface area contributed by atoms with Crippen LogP contribution in [0.5, 0.6) is 0 Å². The summed E-state index contributed by atoms with van der Waals surface area (Å²) in [4.78, 5) is 0. The first kappa shape index (κ1) is 9.28. The van der Waals surface area contributed by atoms with Crippen LogP contribution in [0, 0.1) is 0 Å². The SMILES string of the molecule is c1cc2cc3c4ccoc4c4ccoc4c3cc2o1. The molecule has 3 nitrogen and oxygen atoms in total. The highest BCUT2D eigenvalue weighted by atomic mass is 16.3. The van der Waals surface area contributed by atoms with Crippen LogP contribution in [-0.4, -0.2) is 0 Å². The summed E-state index contributed by atoms with van der Waals surface area (Å²) in [7, 11) is 0. The van der Waals surface area contributed by atoms with E-state index in [-0.39, 0.29) is 0 Å². The van der Waals surface area contributed by atoms with Gasteiger partial charge >= 0.3 is 0 Å². The van der Waals surface area contributed by atoms with E-state index in [0.29, 0.717) is 0 Å². The zero-order valence-electron chi connectivity index (χ0n) is 9.84. The van der Waals surface area contributed by atoms with Gasteiger partial charge in [-0.3, -0.25) is 0 Å². The molecule has 0 spiro atoms. The van der Waals surface area contributed by atoms with Gasteiger partial charge in [-0.1, -0.05) is 0 Å². The van der Waals surface area contributed by atoms with Gasteiger partial charge in [0.2, 0.25) is 0 Å². The lowest BCUT2D eigenvalue weighted by Gasteiger charge is -2.01. The smallest absolute Gasteiger partial charge is 0.145 e. The lowest BCUT2D eigenvalue weighted by atomic mass is 10.0. The van der Waals surface area contributed by atoms with Gasteiger partial charge in [0.1, 0.15) is 16.7 Å². The van der Waals surface area contributed by atoms with E-state index in [1.165, 1.54) is 0 Å². The van der Waals surface area contributed by atoms with Gasteiger partial charge < -0.3 is 13.3 Å². The van der Waals surface area contributed by atoms with Gasteiger partial charge in [0.15, 0.2) is 0 Å². The highest BCUT2D eigenvalue weighted by molar-refractivity contribution is 6.23. The summed E-state index contributed by atoms with van der Waals surface area (Å²) in [6.45, 7) is 0. The molecule has 0 aliphatic rings. The van der Waals surface area contributed by atoms with Crippen LogP contribution >= 0.6 is 0 Å². The van der Waals surface area contributed by atoms with E-state index in [0.717, 1.165) is 43.7 Å². The van der Waals surface area contributed by atoms with Crippen LogP contribution in [0.3, 0.4) is 0 Å². The number of rotatable bonds is 0. The van der Waals surface area contributed by atoms with E-state index in [9.17, 15) is 0 Å². The van der Waals surface area contributed by atoms with E-state index < -0.39 is 0 Å². The summed E-state index contributed by atoms with van der Waals surface area (Å²) in [5.41, 5.74) is 2.59. The number of hydrogen-bond donors (Lipinski definition) is 0. The van der Waals surface area contributed by atoms with Crippen molar-refractivity contribution in [3.05, 3.63) is 49.1 Å². The van der Waals surface area contributed by atoms with Crippen LogP contribution in [-0.2, 0) is 0 Å². The molecule has 0 aliphatic carbocycles. The normalized spacial score (nSPS) is 12.2. The number of furan rings is 3. The van der Waals surface area contributed by atoms with Crippen molar-refractivity contribution in [1.82, 2.24) is 0 Å². The molecule has 0 radical (unpaired) electrons. The average Bonchev–Trinajstić information content (AvgIpc) is 3.15. The highest BCUT2D eigenvalue weighted by Gasteiger charge is 2.14. The second-order valence-electron chi connectivity index (χ2n) is 4.68. The molecular weight excluding hydrogens is 240 g/mol. The van der Waals surface area contributed by atoms with E-state index in [4.69, 9.17) is 13.3 Å². The Morgan fingerprint density at radius 3 is 2.21 bits per heavy atom. The molecule has 0 aliphatic heterocycles. The minimum atomic E-state index is 0.843. The van der Waals surface area contributed by atoms with Crippen molar-refractivity contribution in [2.45, 2.75) is 0 Å². The molecule has 90 valence electrons. The van der Waals surface area contributed by atoms with Gasteiger partial charge in [-0.25, -0.2) is 0 Å². The number of hydrogen-bond acceptors (Lipinski definition) is 3. The first-order valence-electron chi connectivity index (χ1n) is 6.09. The second-order valence-corrected chi connectivity index (χ2v) is 4.68. The van der Waals surface area contributed by atoms with Gasteiger partial charge in [-0.05, 0) is 35.7 Å². The Kier molecular flexibility index (Phi) is 1.47. The first-order valence-corrected chi connectivity index (χ1v) is 6.09. The summed E-state index contributed by atoms with van der Waals surface area (Å²) in [5.74, 6) is 0. The lowest BCUT2D eigenvalue weighted by molar-refractivity contribution is 0.612. The van der Waals surface area contributed by atoms with Crippen molar-refractivity contribution in [2.24, 2.45) is 0 Å². The quantitative estimate of drug-likeness (QED) is 0.383. The summed E-state index contributed by atoms with van der Waals surface area (Å²) < 4.78 is 16.7. The lowest BCUT2D eigenvalue weighted by Crippen LogP contribution is -1.77. The van der Waals surface area contributed by atoms with E-state index >= 15 is 0 Å². The van der Waals surface area contributed by atoms with Gasteiger partial charge in [0.25, 0.3) is 0 Å². The average molecular weight is 248 g/mol. The Labute approximate surface area is 107 Å². The van der Waals surface area contributed by atoms with Crippen molar-refractivity contribution in [1.29, 1.82) is 0 Å². The van der Waals surface area contributed by atoms with Crippen LogP contribution in [0.15, 0.2) is 62.4 Å². The second kappa shape index (κ2) is 3.01. The standard InChI is InChI=1S/C16H8O3/c1-4-17-14-8-13-12(7-9(1)14)10-2-5-18-15(10)11-3-6-19-16(11)13/h1-8H. The van der Waals surface area contributed by atoms with Crippen molar-refractivity contribution in [2.75, 3.05) is 0 Å². The molecule has 0 atom stereocenters. The maximum absolute atomic E-state index is 5.63. The fourth-order valence-corrected chi connectivity index (χ4v) is 2.85. The minimum absolute atomic E-state index is 0.843. The zero-order chi connectivity index (χ0) is 12.4. The third-order valence-corrected chi connectivity index (χ3v) is 3.70. The Bertz CT molecular complexity index is 975. The zero-order valence-corrected chi connectivity index (χ0v) is 9.84. The molecule has 0 fully saturated rings. The molecule has 3 heteroatoms. The molecule has 0 saturated carbocycles. The predicted octanol–water partition coefficient (Wildman–Crippen LogP) is 5.08. The molecule has 19 heavy (non-hydrogen) atoms. The monoisotopic (exact) mass is 248 g/mol. The van der Waals surface area contributed by atoms with Gasteiger partial charge in [0.05, 0.1) is 24.2 Å². The first-order chi connectivity index (χ1) is 9.42. The summed E-state index contributed by atoms with van der Waals surface area (Å²) in [6.07, 6.45) is 5.12. The fourth-order valence-electron chi connectivity index (χ4n) is 2.85. The maximum Gasteiger partial charge on any atom is 0.145 e. The van der Waals surface area contributed by atoms with Crippen molar-refractivity contribution in [3.63, 3.8) is 0 Å². The van der Waals surface area contributed by atoms with Crippen LogP contribution in [0.4, 0.5) is 0 Å². The maximum atomic E-state index is 5.63. The molecule has 3 aromatic heterocycles. The number of fused-ring (bicyclic) bond motifs is 7. The molecule has 2 aromatic carbocycles. The molecule has 0 amide bonds. The predicted molar refractivity (Wildman–Crippen MR) is 73.3 cm³/mol. The summed E-state index contributed by atoms with van der Waals surface area (Å²) in [6, 6.07) is 10.0. The molecule has 0 bridgehead atoms. The van der Waals surface area contributed by atoms with Gasteiger partial charge in [0, 0.05) is 16.2 Å². The molecule has 0 N–H and O–H groups in total. The van der Waals surface area contributed by atoms with E-state index in [1.54, 1.807) is 18.8 Å². The molecule has 0 unspecified atom stereocenters. The third-order valence-electron chi connectivity index (χ3n) is 3.70. The van der Waals surface area contributed by atoms with E-state index in [2.05, 4.69) is 6.07 Å². The van der Waals surface area contributed by atoms with E-state index in [1.807, 2.05) is 24.3 Å². The van der Waals surface area contributed by atoms with Crippen molar-refractivity contribution < 1.29 is 13.3 Å². The van der Waals surface area contributed by atoms with Gasteiger partial charge in [-0.2, -0.15) is 0 Å². The third kappa shape index (κ3) is 1.03. The minimum Gasteiger partial charge on any atom is -0.464 e. The summed E-state index contributed by atoms with van der Waals surface area (Å²) in [5, 5.41) is 5.36. The molecule has 5 aromatic rings. The fraction of sp³-hybridized carbons (Fsp3) is 0. The van der Waals surface area contributed by atoms with Crippen molar-refractivity contribution in [3.8, 4) is 0 Å². The topological polar surface area (TPSA) is 39.4 Å². The highest BCUT2D eigenvalue weighted by Crippen LogP contribution is 2.38.